The highest BCUT2D eigenvalue weighted by atomic mass is 15.0. The van der Waals surface area contributed by atoms with Crippen LogP contribution in [0.3, 0.4) is 0 Å². The Morgan fingerprint density at radius 3 is 2.50 bits per heavy atom. The first-order valence-corrected chi connectivity index (χ1v) is 11.1. The van der Waals surface area contributed by atoms with Gasteiger partial charge in [-0.25, -0.2) is 0 Å². The fourth-order valence-corrected chi connectivity index (χ4v) is 4.26. The fraction of sp³-hybridized carbons (Fsp3) is 0.0645. The van der Waals surface area contributed by atoms with E-state index < -0.39 is 0 Å². The summed E-state index contributed by atoms with van der Waals surface area (Å²) in [5.74, 6) is 0. The van der Waals surface area contributed by atoms with E-state index in [1.54, 1.807) is 0 Å². The minimum Gasteiger partial charge on any atom is -0.309 e. The van der Waals surface area contributed by atoms with Crippen LogP contribution in [0.15, 0.2) is 115 Å². The van der Waals surface area contributed by atoms with Gasteiger partial charge in [-0.3, -0.25) is 0 Å². The van der Waals surface area contributed by atoms with Gasteiger partial charge in [-0.15, -0.1) is 5.73 Å². The van der Waals surface area contributed by atoms with E-state index in [4.69, 9.17) is 0 Å². The number of rotatable bonds is 5. The van der Waals surface area contributed by atoms with Crippen LogP contribution in [-0.4, -0.2) is 4.57 Å². The topological polar surface area (TPSA) is 4.93 Å². The summed E-state index contributed by atoms with van der Waals surface area (Å²) in [5.41, 5.74) is 11.9. The van der Waals surface area contributed by atoms with Gasteiger partial charge in [-0.2, -0.15) is 0 Å². The summed E-state index contributed by atoms with van der Waals surface area (Å²) in [6.45, 7) is 2.04. The van der Waals surface area contributed by atoms with Gasteiger partial charge in [0.15, 0.2) is 0 Å². The van der Waals surface area contributed by atoms with Gasteiger partial charge in [0.25, 0.3) is 0 Å². The maximum atomic E-state index is 3.30. The van der Waals surface area contributed by atoms with Gasteiger partial charge in [0.2, 0.25) is 0 Å². The molecule has 5 rings (SSSR count). The molecule has 32 heavy (non-hydrogen) atoms. The van der Waals surface area contributed by atoms with Crippen molar-refractivity contribution in [3.05, 3.63) is 132 Å². The molecule has 1 aliphatic rings. The molecule has 0 N–H and O–H groups in total. The third kappa shape index (κ3) is 3.83. The average Bonchev–Trinajstić information content (AvgIpc) is 2.97. The first-order valence-electron chi connectivity index (χ1n) is 11.1. The Morgan fingerprint density at radius 2 is 1.69 bits per heavy atom. The van der Waals surface area contributed by atoms with Crippen molar-refractivity contribution in [3.8, 4) is 16.8 Å². The van der Waals surface area contributed by atoms with Crippen molar-refractivity contribution in [2.45, 2.75) is 13.3 Å². The highest BCUT2D eigenvalue weighted by Crippen LogP contribution is 2.34. The molecule has 0 saturated carbocycles. The smallest absolute Gasteiger partial charge is 0.0547 e. The highest BCUT2D eigenvalue weighted by molar-refractivity contribution is 5.96. The minimum atomic E-state index is 0.918. The standard InChI is InChI=1S/C31H25N/c1-2-3-4-7-12-24-17-22-31-29(23-24)28-15-10-6-11-16-30(28)32(31)27-20-18-26(19-21-27)25-13-8-5-9-14-25/h2-9,11,13-23H,12H2,1H3/b3-2-,7-4-. The number of allylic oxidation sites excluding steroid dienone is 6. The van der Waals surface area contributed by atoms with Gasteiger partial charge in [0.1, 0.15) is 0 Å². The van der Waals surface area contributed by atoms with Crippen LogP contribution in [0.1, 0.15) is 23.7 Å². The predicted octanol–water partition coefficient (Wildman–Crippen LogP) is 8.17. The molecule has 0 amide bonds. The van der Waals surface area contributed by atoms with Crippen molar-refractivity contribution in [1.82, 2.24) is 4.57 Å². The Balaban J connectivity index is 1.62. The quantitative estimate of drug-likeness (QED) is 0.230. The Labute approximate surface area is 189 Å². The fourth-order valence-electron chi connectivity index (χ4n) is 4.26. The van der Waals surface area contributed by atoms with Crippen LogP contribution in [0.2, 0.25) is 0 Å². The SMILES string of the molecule is C/C=C\C=C/Cc1ccc2c(c1)c1c(n2-c2ccc(-c3ccccc3)cc2)C=CC=C=C1. The predicted molar refractivity (Wildman–Crippen MR) is 138 cm³/mol. The molecule has 0 atom stereocenters. The summed E-state index contributed by atoms with van der Waals surface area (Å²) in [5, 5.41) is 1.26. The van der Waals surface area contributed by atoms with Crippen molar-refractivity contribution >= 4 is 23.1 Å². The summed E-state index contributed by atoms with van der Waals surface area (Å²) >= 11 is 0. The zero-order valence-electron chi connectivity index (χ0n) is 18.2. The van der Waals surface area contributed by atoms with Gasteiger partial charge in [-0.05, 0) is 72.5 Å². The lowest BCUT2D eigenvalue weighted by Gasteiger charge is -2.11. The van der Waals surface area contributed by atoms with E-state index in [1.165, 1.54) is 38.9 Å². The molecule has 1 nitrogen and oxygen atoms in total. The molecule has 1 heteroatoms. The monoisotopic (exact) mass is 411 g/mol. The molecule has 154 valence electrons. The maximum absolute atomic E-state index is 3.30. The summed E-state index contributed by atoms with van der Waals surface area (Å²) in [6, 6.07) is 26.2. The van der Waals surface area contributed by atoms with Crippen molar-refractivity contribution in [2.75, 3.05) is 0 Å². The van der Waals surface area contributed by atoms with E-state index in [-0.39, 0.29) is 0 Å². The van der Waals surface area contributed by atoms with Crippen LogP contribution in [0, 0.1) is 0 Å². The van der Waals surface area contributed by atoms with Crippen LogP contribution in [-0.2, 0) is 6.42 Å². The third-order valence-electron chi connectivity index (χ3n) is 5.81. The van der Waals surface area contributed by atoms with E-state index >= 15 is 0 Å². The third-order valence-corrected chi connectivity index (χ3v) is 5.81. The summed E-state index contributed by atoms with van der Waals surface area (Å²) in [4.78, 5) is 0. The Kier molecular flexibility index (Phi) is 5.58. The van der Waals surface area contributed by atoms with Crippen molar-refractivity contribution < 1.29 is 0 Å². The lowest BCUT2D eigenvalue weighted by molar-refractivity contribution is 1.10. The zero-order valence-corrected chi connectivity index (χ0v) is 18.2. The largest absolute Gasteiger partial charge is 0.309 e. The summed E-state index contributed by atoms with van der Waals surface area (Å²) in [6.07, 6.45) is 17.7. The first kappa shape index (κ1) is 19.9. The first-order chi connectivity index (χ1) is 15.8. The van der Waals surface area contributed by atoms with Crippen LogP contribution in [0.5, 0.6) is 0 Å². The van der Waals surface area contributed by atoms with Crippen molar-refractivity contribution in [1.29, 1.82) is 0 Å². The van der Waals surface area contributed by atoms with Gasteiger partial charge in [0, 0.05) is 16.6 Å². The van der Waals surface area contributed by atoms with Crippen LogP contribution >= 0.6 is 0 Å². The van der Waals surface area contributed by atoms with Crippen LogP contribution < -0.4 is 0 Å². The molecule has 0 unspecified atom stereocenters. The molecule has 1 aliphatic carbocycles. The van der Waals surface area contributed by atoms with Crippen molar-refractivity contribution in [3.63, 3.8) is 0 Å². The van der Waals surface area contributed by atoms with Crippen molar-refractivity contribution in [2.24, 2.45) is 0 Å². The van der Waals surface area contributed by atoms with Gasteiger partial charge >= 0.3 is 0 Å². The Hall–Kier alpha value is -4.06. The van der Waals surface area contributed by atoms with Gasteiger partial charge < -0.3 is 4.57 Å². The van der Waals surface area contributed by atoms with E-state index in [0.29, 0.717) is 0 Å². The van der Waals surface area contributed by atoms with Crippen LogP contribution in [0.4, 0.5) is 0 Å². The molecule has 1 aromatic heterocycles. The Bertz CT molecular complexity index is 1400. The normalized spacial score (nSPS) is 12.8. The molecule has 0 spiro atoms. The molecule has 0 aliphatic heterocycles. The zero-order chi connectivity index (χ0) is 21.8. The molecule has 0 bridgehead atoms. The number of fused-ring (bicyclic) bond motifs is 3. The number of aromatic nitrogens is 1. The average molecular weight is 412 g/mol. The van der Waals surface area contributed by atoms with E-state index in [0.717, 1.165) is 12.1 Å². The number of benzene rings is 3. The molecule has 1 heterocycles. The Morgan fingerprint density at radius 1 is 0.875 bits per heavy atom. The van der Waals surface area contributed by atoms with E-state index in [9.17, 15) is 0 Å². The van der Waals surface area contributed by atoms with E-state index in [2.05, 4.69) is 120 Å². The lowest BCUT2D eigenvalue weighted by Crippen LogP contribution is -1.97. The second-order valence-corrected chi connectivity index (χ2v) is 7.89. The molecular weight excluding hydrogens is 386 g/mol. The second-order valence-electron chi connectivity index (χ2n) is 7.89. The van der Waals surface area contributed by atoms with Gasteiger partial charge in [0.05, 0.1) is 11.2 Å². The molecule has 4 aromatic rings. The molecule has 0 saturated heterocycles. The summed E-state index contributed by atoms with van der Waals surface area (Å²) < 4.78 is 2.35. The van der Waals surface area contributed by atoms with Gasteiger partial charge in [-0.1, -0.05) is 78.9 Å². The highest BCUT2D eigenvalue weighted by Gasteiger charge is 2.16. The minimum absolute atomic E-state index is 0.918. The summed E-state index contributed by atoms with van der Waals surface area (Å²) in [7, 11) is 0. The van der Waals surface area contributed by atoms with Crippen LogP contribution in [0.25, 0.3) is 39.9 Å². The molecular formula is C31H25N. The number of hydrogen-bond acceptors (Lipinski definition) is 0. The maximum Gasteiger partial charge on any atom is 0.0547 e. The second kappa shape index (κ2) is 8.98. The number of hydrogen-bond donors (Lipinski definition) is 0. The lowest BCUT2D eigenvalue weighted by atomic mass is 10.1. The molecule has 0 radical (unpaired) electrons. The number of nitrogens with zero attached hydrogens (tertiary/aromatic N) is 1. The molecule has 3 aromatic carbocycles. The van der Waals surface area contributed by atoms with E-state index in [1.807, 2.05) is 19.1 Å². The molecule has 0 fully saturated rings.